The van der Waals surface area contributed by atoms with Crippen molar-refractivity contribution in [2.45, 2.75) is 212 Å². The molecule has 0 heterocycles. The first-order chi connectivity index (χ1) is 29.4. The van der Waals surface area contributed by atoms with Crippen molar-refractivity contribution in [3.63, 3.8) is 0 Å². The molecule has 62 heavy (non-hydrogen) atoms. The van der Waals surface area contributed by atoms with Gasteiger partial charge in [0.05, 0.1) is 7.11 Å². The molecule has 0 saturated heterocycles. The van der Waals surface area contributed by atoms with E-state index in [-0.39, 0.29) is 17.3 Å². The molecule has 0 aromatic carbocycles. The Hall–Kier alpha value is -3.98. The zero-order valence-electron chi connectivity index (χ0n) is 42.4. The van der Waals surface area contributed by atoms with Crippen LogP contribution in [0.1, 0.15) is 212 Å². The number of Topliss-reactive ketones (excluding diaryl/α,β-unsaturated/α-hetero) is 2. The van der Waals surface area contributed by atoms with Gasteiger partial charge in [-0.15, -0.1) is 0 Å². The van der Waals surface area contributed by atoms with Gasteiger partial charge in [-0.25, -0.2) is 0 Å². The first kappa shape index (κ1) is 56.0. The second-order valence-corrected chi connectivity index (χ2v) is 18.7. The van der Waals surface area contributed by atoms with E-state index in [2.05, 4.69) is 137 Å². The molecule has 3 nitrogen and oxygen atoms in total. The SMILES string of the molecule is COC1=C(C)C(=O)C(C/C=C(\C)CC/C=C(\C)CC/C=C(\C)CC/C=C(\C)CC/C=C(\C)CC/C=C(\C)CC/C=C(\C)CC/C=C(\C)CC/C=C(\C)CCC=C(C)C)=C(C)C1=O. The van der Waals surface area contributed by atoms with Crippen molar-refractivity contribution < 1.29 is 14.3 Å². The van der Waals surface area contributed by atoms with E-state index in [0.29, 0.717) is 23.1 Å². The molecule has 0 aromatic heterocycles. The third-order valence-corrected chi connectivity index (χ3v) is 12.2. The summed E-state index contributed by atoms with van der Waals surface area (Å²) in [5.41, 5.74) is 16.1. The Kier molecular flexibility index (Phi) is 29.5. The minimum Gasteiger partial charge on any atom is -0.492 e. The predicted molar refractivity (Wildman–Crippen MR) is 273 cm³/mol. The van der Waals surface area contributed by atoms with E-state index < -0.39 is 0 Å². The van der Waals surface area contributed by atoms with Gasteiger partial charge in [-0.3, -0.25) is 9.59 Å². The summed E-state index contributed by atoms with van der Waals surface area (Å²) in [6.07, 6.45) is 44.6. The predicted octanol–water partition coefficient (Wildman–Crippen LogP) is 18.3. The van der Waals surface area contributed by atoms with E-state index in [1.54, 1.807) is 13.8 Å². The van der Waals surface area contributed by atoms with Gasteiger partial charge >= 0.3 is 0 Å². The molecule has 0 amide bonds. The minimum absolute atomic E-state index is 0.0817. The minimum atomic E-state index is -0.177. The maximum Gasteiger partial charge on any atom is 0.224 e. The average Bonchev–Trinajstić information content (AvgIpc) is 3.20. The third kappa shape index (κ3) is 25.8. The van der Waals surface area contributed by atoms with E-state index in [1.165, 1.54) is 82.1 Å². The van der Waals surface area contributed by atoms with Crippen LogP contribution in [0.4, 0.5) is 0 Å². The number of carbonyl (C=O) groups excluding carboxylic acids is 2. The summed E-state index contributed by atoms with van der Waals surface area (Å²) in [7, 11) is 1.44. The molecule has 0 aliphatic heterocycles. The van der Waals surface area contributed by atoms with Crippen LogP contribution in [-0.2, 0) is 14.3 Å². The summed E-state index contributed by atoms with van der Waals surface area (Å²) in [6, 6.07) is 0. The molecular formula is C59H90O3. The number of methoxy groups -OCH3 is 1. The lowest BCUT2D eigenvalue weighted by Crippen LogP contribution is -2.22. The number of ketones is 2. The van der Waals surface area contributed by atoms with E-state index in [1.807, 2.05) is 0 Å². The molecule has 0 radical (unpaired) electrons. The number of rotatable bonds is 30. The Morgan fingerprint density at radius 3 is 0.839 bits per heavy atom. The van der Waals surface area contributed by atoms with Gasteiger partial charge in [0.15, 0.2) is 11.5 Å². The standard InChI is InChI=1S/C59H90O3/c1-44(2)24-15-25-45(3)26-16-27-46(4)28-17-29-47(5)30-18-31-48(6)32-19-33-49(7)34-20-35-50(8)36-21-37-51(9)38-22-39-52(10)40-23-41-53(11)42-43-56-54(12)58(61)59(62-14)55(13)57(56)60/h24,26,28,30,32,34,36,38,40,42H,15-23,25,27,29,31,33,35,37,39,41,43H2,1-14H3/b45-26+,46-28+,47-30+,48-32+,49-34+,50-36+,51-38+,52-40+,53-42+. The highest BCUT2D eigenvalue weighted by Crippen LogP contribution is 2.28. The van der Waals surface area contributed by atoms with Crippen molar-refractivity contribution in [2.24, 2.45) is 0 Å². The van der Waals surface area contributed by atoms with Gasteiger partial charge in [0.1, 0.15) is 0 Å². The van der Waals surface area contributed by atoms with Gasteiger partial charge in [-0.05, 0) is 212 Å². The van der Waals surface area contributed by atoms with Crippen LogP contribution in [-0.4, -0.2) is 18.7 Å². The normalized spacial score (nSPS) is 16.0. The van der Waals surface area contributed by atoms with Gasteiger partial charge in [0.25, 0.3) is 0 Å². The van der Waals surface area contributed by atoms with Gasteiger partial charge in [0.2, 0.25) is 5.78 Å². The fourth-order valence-corrected chi connectivity index (χ4v) is 7.62. The Morgan fingerprint density at radius 2 is 0.597 bits per heavy atom. The van der Waals surface area contributed by atoms with E-state index in [0.717, 1.165) is 96.3 Å². The fourth-order valence-electron chi connectivity index (χ4n) is 7.62. The van der Waals surface area contributed by atoms with Gasteiger partial charge < -0.3 is 4.74 Å². The summed E-state index contributed by atoms with van der Waals surface area (Å²) < 4.78 is 5.17. The number of hydrogen-bond acceptors (Lipinski definition) is 3. The van der Waals surface area contributed by atoms with Crippen LogP contribution in [0.5, 0.6) is 0 Å². The highest BCUT2D eigenvalue weighted by molar-refractivity contribution is 6.24. The molecular weight excluding hydrogens is 757 g/mol. The molecule has 0 aromatic rings. The molecule has 0 fully saturated rings. The molecule has 0 bridgehead atoms. The Morgan fingerprint density at radius 1 is 0.355 bits per heavy atom. The van der Waals surface area contributed by atoms with Crippen LogP contribution in [0.3, 0.4) is 0 Å². The molecule has 1 aliphatic rings. The second-order valence-electron chi connectivity index (χ2n) is 18.7. The first-order valence-electron chi connectivity index (χ1n) is 24.0. The zero-order valence-corrected chi connectivity index (χ0v) is 42.4. The van der Waals surface area contributed by atoms with Crippen LogP contribution >= 0.6 is 0 Å². The molecule has 0 saturated carbocycles. The van der Waals surface area contributed by atoms with Crippen LogP contribution in [0, 0.1) is 0 Å². The van der Waals surface area contributed by atoms with Gasteiger partial charge in [0, 0.05) is 16.7 Å². The monoisotopic (exact) mass is 847 g/mol. The summed E-state index contributed by atoms with van der Waals surface area (Å²) >= 11 is 0. The molecule has 1 aliphatic carbocycles. The van der Waals surface area contributed by atoms with Crippen molar-refractivity contribution in [2.75, 3.05) is 7.11 Å². The highest BCUT2D eigenvalue weighted by Gasteiger charge is 2.30. The maximum absolute atomic E-state index is 12.8. The number of ether oxygens (including phenoxy) is 1. The van der Waals surface area contributed by atoms with Gasteiger partial charge in [-0.2, -0.15) is 0 Å². The zero-order chi connectivity index (χ0) is 46.5. The Labute approximate surface area is 382 Å². The molecule has 0 spiro atoms. The highest BCUT2D eigenvalue weighted by atomic mass is 16.5. The molecule has 1 rings (SSSR count). The molecule has 344 valence electrons. The second kappa shape index (κ2) is 32.7. The van der Waals surface area contributed by atoms with Crippen molar-refractivity contribution in [3.8, 4) is 0 Å². The quantitative estimate of drug-likeness (QED) is 0.0534. The summed E-state index contributed by atoms with van der Waals surface area (Å²) in [4.78, 5) is 25.4. The summed E-state index contributed by atoms with van der Waals surface area (Å²) in [5, 5.41) is 0. The lowest BCUT2D eigenvalue weighted by atomic mass is 9.87. The molecule has 0 N–H and O–H groups in total. The van der Waals surface area contributed by atoms with Gasteiger partial charge in [-0.1, -0.05) is 116 Å². The smallest absolute Gasteiger partial charge is 0.224 e. The van der Waals surface area contributed by atoms with Crippen molar-refractivity contribution in [1.29, 1.82) is 0 Å². The summed E-state index contributed by atoms with van der Waals surface area (Å²) in [5.74, 6) is -0.0829. The number of carbonyl (C=O) groups is 2. The van der Waals surface area contributed by atoms with E-state index >= 15 is 0 Å². The average molecular weight is 847 g/mol. The Balaban J connectivity index is 2.29. The topological polar surface area (TPSA) is 43.4 Å². The molecule has 3 heteroatoms. The van der Waals surface area contributed by atoms with E-state index in [9.17, 15) is 9.59 Å². The van der Waals surface area contributed by atoms with Crippen molar-refractivity contribution >= 4 is 11.6 Å². The lowest BCUT2D eigenvalue weighted by molar-refractivity contribution is -0.118. The Bertz CT molecular complexity index is 1820. The summed E-state index contributed by atoms with van der Waals surface area (Å²) in [6.45, 7) is 28.1. The van der Waals surface area contributed by atoms with Crippen LogP contribution in [0.15, 0.2) is 139 Å². The fraction of sp³-hybridized carbons (Fsp3) is 0.559. The van der Waals surface area contributed by atoms with Crippen LogP contribution in [0.2, 0.25) is 0 Å². The molecule has 0 atom stereocenters. The maximum atomic E-state index is 12.8. The van der Waals surface area contributed by atoms with Crippen LogP contribution in [0.25, 0.3) is 0 Å². The first-order valence-corrected chi connectivity index (χ1v) is 24.0. The number of hydrogen-bond donors (Lipinski definition) is 0. The van der Waals surface area contributed by atoms with E-state index in [4.69, 9.17) is 4.74 Å². The number of allylic oxidation sites excluding steroid dienone is 23. The lowest BCUT2D eigenvalue weighted by Gasteiger charge is -2.18. The van der Waals surface area contributed by atoms with Crippen molar-refractivity contribution in [1.82, 2.24) is 0 Å². The molecule has 0 unspecified atom stereocenters. The van der Waals surface area contributed by atoms with Crippen LogP contribution < -0.4 is 0 Å². The third-order valence-electron chi connectivity index (χ3n) is 12.2. The largest absolute Gasteiger partial charge is 0.492 e. The van der Waals surface area contributed by atoms with Crippen molar-refractivity contribution in [3.05, 3.63) is 139 Å².